The average Bonchev–Trinajstić information content (AvgIpc) is 2.77. The molecule has 0 bridgehead atoms. The smallest absolute Gasteiger partial charge is 0.265 e. The fourth-order valence-corrected chi connectivity index (χ4v) is 2.52. The van der Waals surface area contributed by atoms with Crippen LogP contribution in [0.1, 0.15) is 37.7 Å². The van der Waals surface area contributed by atoms with Gasteiger partial charge in [-0.1, -0.05) is 0 Å². The van der Waals surface area contributed by atoms with Crippen molar-refractivity contribution in [2.75, 3.05) is 19.5 Å². The highest BCUT2D eigenvalue weighted by Gasteiger charge is 2.20. The number of ether oxygens (including phenoxy) is 1. The van der Waals surface area contributed by atoms with Crippen molar-refractivity contribution >= 4 is 10.1 Å². The molecule has 7 nitrogen and oxygen atoms in total. The molecule has 1 saturated heterocycles. The third-order valence-electron chi connectivity index (χ3n) is 2.77. The lowest BCUT2D eigenvalue weighted by Crippen LogP contribution is -2.20. The molecule has 1 aromatic rings. The zero-order chi connectivity index (χ0) is 13.2. The quantitative estimate of drug-likeness (QED) is 0.751. The van der Waals surface area contributed by atoms with Gasteiger partial charge in [-0.3, -0.25) is 4.18 Å². The molecule has 18 heavy (non-hydrogen) atoms. The first kappa shape index (κ1) is 13.4. The molecule has 0 N–H and O–H groups in total. The SMILES string of the molecule is CC(OS(C)(=O)=O)c1ncn(C2CCOCC2)n1. The lowest BCUT2D eigenvalue weighted by atomic mass is 10.1. The second kappa shape index (κ2) is 5.33. The minimum absolute atomic E-state index is 0.269. The predicted octanol–water partition coefficient (Wildman–Crippen LogP) is 0.667. The number of nitrogens with zero attached hydrogens (tertiary/aromatic N) is 3. The molecule has 2 heterocycles. The lowest BCUT2D eigenvalue weighted by molar-refractivity contribution is 0.0658. The van der Waals surface area contributed by atoms with Gasteiger partial charge < -0.3 is 4.74 Å². The summed E-state index contributed by atoms with van der Waals surface area (Å²) in [4.78, 5) is 4.10. The molecule has 0 aliphatic carbocycles. The molecule has 2 rings (SSSR count). The first-order valence-electron chi connectivity index (χ1n) is 5.83. The van der Waals surface area contributed by atoms with Gasteiger partial charge in [-0.05, 0) is 19.8 Å². The Morgan fingerprint density at radius 3 is 2.78 bits per heavy atom. The molecule has 1 atom stereocenters. The van der Waals surface area contributed by atoms with Crippen LogP contribution in [0.2, 0.25) is 0 Å². The topological polar surface area (TPSA) is 83.3 Å². The van der Waals surface area contributed by atoms with Crippen molar-refractivity contribution in [2.45, 2.75) is 31.9 Å². The summed E-state index contributed by atoms with van der Waals surface area (Å²) in [5, 5.41) is 4.28. The number of hydrogen-bond donors (Lipinski definition) is 0. The summed E-state index contributed by atoms with van der Waals surface area (Å²) in [6.45, 7) is 3.05. The maximum absolute atomic E-state index is 11.0. The Hall–Kier alpha value is -0.990. The number of rotatable bonds is 4. The van der Waals surface area contributed by atoms with Crippen LogP contribution in [0.5, 0.6) is 0 Å². The Balaban J connectivity index is 2.05. The van der Waals surface area contributed by atoms with E-state index < -0.39 is 16.2 Å². The van der Waals surface area contributed by atoms with E-state index in [1.54, 1.807) is 17.9 Å². The predicted molar refractivity (Wildman–Crippen MR) is 63.5 cm³/mol. The number of hydrogen-bond acceptors (Lipinski definition) is 6. The number of aromatic nitrogens is 3. The molecule has 1 aliphatic rings. The highest BCUT2D eigenvalue weighted by atomic mass is 32.2. The van der Waals surface area contributed by atoms with Crippen molar-refractivity contribution < 1.29 is 17.3 Å². The summed E-state index contributed by atoms with van der Waals surface area (Å²) < 4.78 is 33.9. The summed E-state index contributed by atoms with van der Waals surface area (Å²) in [6.07, 6.45) is 3.75. The summed E-state index contributed by atoms with van der Waals surface area (Å²) in [6, 6.07) is 0.269. The third kappa shape index (κ3) is 3.50. The van der Waals surface area contributed by atoms with E-state index in [0.717, 1.165) is 32.3 Å². The molecule has 102 valence electrons. The van der Waals surface area contributed by atoms with E-state index in [4.69, 9.17) is 8.92 Å². The van der Waals surface area contributed by atoms with Crippen LogP contribution in [0.25, 0.3) is 0 Å². The van der Waals surface area contributed by atoms with Crippen molar-refractivity contribution in [3.8, 4) is 0 Å². The monoisotopic (exact) mass is 275 g/mol. The van der Waals surface area contributed by atoms with Crippen molar-refractivity contribution in [1.29, 1.82) is 0 Å². The molecular weight excluding hydrogens is 258 g/mol. The molecule has 0 saturated carbocycles. The molecule has 1 aromatic heterocycles. The van der Waals surface area contributed by atoms with Crippen LogP contribution in [-0.4, -0.2) is 42.7 Å². The van der Waals surface area contributed by atoms with E-state index in [0.29, 0.717) is 5.82 Å². The highest BCUT2D eigenvalue weighted by molar-refractivity contribution is 7.86. The van der Waals surface area contributed by atoms with Crippen LogP contribution in [-0.2, 0) is 19.0 Å². The van der Waals surface area contributed by atoms with E-state index in [1.165, 1.54) is 0 Å². The van der Waals surface area contributed by atoms with Crippen LogP contribution >= 0.6 is 0 Å². The van der Waals surface area contributed by atoms with Gasteiger partial charge in [-0.25, -0.2) is 9.67 Å². The van der Waals surface area contributed by atoms with Crippen molar-refractivity contribution in [3.63, 3.8) is 0 Å². The first-order valence-corrected chi connectivity index (χ1v) is 7.64. The zero-order valence-corrected chi connectivity index (χ0v) is 11.3. The first-order chi connectivity index (χ1) is 8.46. The van der Waals surface area contributed by atoms with Crippen LogP contribution in [0.3, 0.4) is 0 Å². The van der Waals surface area contributed by atoms with E-state index in [9.17, 15) is 8.42 Å². The van der Waals surface area contributed by atoms with Gasteiger partial charge in [-0.15, -0.1) is 0 Å². The van der Waals surface area contributed by atoms with Gasteiger partial charge in [0.2, 0.25) is 0 Å². The van der Waals surface area contributed by atoms with E-state index in [2.05, 4.69) is 10.1 Å². The molecule has 0 spiro atoms. The zero-order valence-electron chi connectivity index (χ0n) is 10.4. The van der Waals surface area contributed by atoms with E-state index in [1.807, 2.05) is 0 Å². The van der Waals surface area contributed by atoms with Gasteiger partial charge in [0.1, 0.15) is 12.4 Å². The molecule has 1 aliphatic heterocycles. The second-order valence-corrected chi connectivity index (χ2v) is 5.97. The third-order valence-corrected chi connectivity index (χ3v) is 3.41. The molecular formula is C10H17N3O4S. The fraction of sp³-hybridized carbons (Fsp3) is 0.800. The second-order valence-electron chi connectivity index (χ2n) is 4.37. The molecule has 1 fully saturated rings. The summed E-state index contributed by atoms with van der Waals surface area (Å²) in [7, 11) is -3.50. The summed E-state index contributed by atoms with van der Waals surface area (Å²) >= 11 is 0. The standard InChI is InChI=1S/C10H17N3O4S/c1-8(17-18(2,14)15)10-11-7-13(12-10)9-3-5-16-6-4-9/h7-9H,3-6H2,1-2H3. The molecule has 0 amide bonds. The Morgan fingerprint density at radius 1 is 1.50 bits per heavy atom. The van der Waals surface area contributed by atoms with Crippen molar-refractivity contribution in [1.82, 2.24) is 14.8 Å². The Bertz CT molecular complexity index is 493. The molecule has 0 aromatic carbocycles. The lowest BCUT2D eigenvalue weighted by Gasteiger charge is -2.21. The fourth-order valence-electron chi connectivity index (χ4n) is 1.91. The molecule has 8 heteroatoms. The van der Waals surface area contributed by atoms with Crippen LogP contribution in [0, 0.1) is 0 Å². The minimum Gasteiger partial charge on any atom is -0.381 e. The van der Waals surface area contributed by atoms with Gasteiger partial charge in [0.15, 0.2) is 5.82 Å². The van der Waals surface area contributed by atoms with Crippen LogP contribution < -0.4 is 0 Å². The van der Waals surface area contributed by atoms with Gasteiger partial charge in [0.05, 0.1) is 12.3 Å². The summed E-state index contributed by atoms with van der Waals surface area (Å²) in [5.41, 5.74) is 0. The maximum Gasteiger partial charge on any atom is 0.265 e. The van der Waals surface area contributed by atoms with Crippen molar-refractivity contribution in [3.05, 3.63) is 12.2 Å². The Morgan fingerprint density at radius 2 is 2.17 bits per heavy atom. The highest BCUT2D eigenvalue weighted by Crippen LogP contribution is 2.21. The normalized spacial score (nSPS) is 19.9. The van der Waals surface area contributed by atoms with Gasteiger partial charge in [0, 0.05) is 13.2 Å². The Labute approximate surface area is 106 Å². The summed E-state index contributed by atoms with van der Waals surface area (Å²) in [5.74, 6) is 0.381. The largest absolute Gasteiger partial charge is 0.381 e. The van der Waals surface area contributed by atoms with E-state index in [-0.39, 0.29) is 6.04 Å². The van der Waals surface area contributed by atoms with Crippen LogP contribution in [0.15, 0.2) is 6.33 Å². The van der Waals surface area contributed by atoms with Crippen LogP contribution in [0.4, 0.5) is 0 Å². The molecule has 1 unspecified atom stereocenters. The van der Waals surface area contributed by atoms with Gasteiger partial charge in [-0.2, -0.15) is 13.5 Å². The maximum atomic E-state index is 11.0. The van der Waals surface area contributed by atoms with E-state index >= 15 is 0 Å². The molecule has 0 radical (unpaired) electrons. The van der Waals surface area contributed by atoms with Gasteiger partial charge >= 0.3 is 0 Å². The van der Waals surface area contributed by atoms with Gasteiger partial charge in [0.25, 0.3) is 10.1 Å². The minimum atomic E-state index is -3.50. The Kier molecular flexibility index (Phi) is 3.98. The average molecular weight is 275 g/mol. The van der Waals surface area contributed by atoms with Crippen molar-refractivity contribution in [2.24, 2.45) is 0 Å².